The van der Waals surface area contributed by atoms with Crippen molar-refractivity contribution < 1.29 is 19.1 Å². The molecule has 0 aromatic heterocycles. The maximum absolute atomic E-state index is 13.3. The van der Waals surface area contributed by atoms with Gasteiger partial charge in [-0.3, -0.25) is 9.59 Å². The van der Waals surface area contributed by atoms with Crippen molar-refractivity contribution in [3.8, 4) is 11.5 Å². The van der Waals surface area contributed by atoms with Gasteiger partial charge < -0.3 is 24.6 Å². The number of nitrogens with one attached hydrogen (secondary N) is 1. The average Bonchev–Trinajstić information content (AvgIpc) is 3.27. The molecule has 32 heavy (non-hydrogen) atoms. The van der Waals surface area contributed by atoms with E-state index in [1.54, 1.807) is 7.05 Å². The highest BCUT2D eigenvalue weighted by atomic mass is 16.7. The summed E-state index contributed by atoms with van der Waals surface area (Å²) in [6.45, 7) is 8.79. The third-order valence-electron chi connectivity index (χ3n) is 5.75. The number of ether oxygens (including phenoxy) is 2. The van der Waals surface area contributed by atoms with Gasteiger partial charge in [-0.05, 0) is 42.7 Å². The summed E-state index contributed by atoms with van der Waals surface area (Å²) in [6, 6.07) is 5.40. The first-order valence-corrected chi connectivity index (χ1v) is 10.7. The summed E-state index contributed by atoms with van der Waals surface area (Å²) >= 11 is 0. The van der Waals surface area contributed by atoms with Crippen LogP contribution in [-0.4, -0.2) is 56.1 Å². The molecule has 7 nitrogen and oxygen atoms in total. The van der Waals surface area contributed by atoms with E-state index < -0.39 is 0 Å². The SMILES string of the molecule is C=C/C(C1=C(NC)CCN(C(=O)CN(C)C=O)[C@H]1c1ccc2c(c1)OCO2)=C(C)\C=C/C. The molecule has 1 N–H and O–H groups in total. The summed E-state index contributed by atoms with van der Waals surface area (Å²) in [5, 5.41) is 3.34. The molecule has 2 aliphatic heterocycles. The minimum atomic E-state index is -0.374. The molecule has 2 heterocycles. The van der Waals surface area contributed by atoms with Crippen molar-refractivity contribution in [1.29, 1.82) is 0 Å². The molecule has 2 aliphatic rings. The zero-order chi connectivity index (χ0) is 23.3. The van der Waals surface area contributed by atoms with Gasteiger partial charge in [-0.1, -0.05) is 30.9 Å². The van der Waals surface area contributed by atoms with Crippen molar-refractivity contribution in [3.05, 3.63) is 71.0 Å². The van der Waals surface area contributed by atoms with Crippen LogP contribution in [0.15, 0.2) is 65.4 Å². The molecule has 7 heteroatoms. The molecule has 2 amide bonds. The highest BCUT2D eigenvalue weighted by Gasteiger charge is 2.36. The number of hydrogen-bond acceptors (Lipinski definition) is 5. The molecule has 3 rings (SSSR count). The number of carbonyl (C=O) groups is 2. The van der Waals surface area contributed by atoms with Crippen molar-refractivity contribution in [3.63, 3.8) is 0 Å². The number of hydrogen-bond donors (Lipinski definition) is 1. The predicted molar refractivity (Wildman–Crippen MR) is 124 cm³/mol. The van der Waals surface area contributed by atoms with Crippen molar-refractivity contribution in [2.24, 2.45) is 0 Å². The van der Waals surface area contributed by atoms with E-state index in [2.05, 4.69) is 11.9 Å². The number of carbonyl (C=O) groups excluding carboxylic acids is 2. The van der Waals surface area contributed by atoms with Crippen LogP contribution in [0.2, 0.25) is 0 Å². The Kier molecular flexibility index (Phi) is 7.41. The summed E-state index contributed by atoms with van der Waals surface area (Å²) in [5.41, 5.74) is 4.97. The summed E-state index contributed by atoms with van der Waals surface area (Å²) < 4.78 is 11.1. The number of amides is 2. The Hall–Kier alpha value is -3.48. The standard InChI is InChI=1S/C25H31N3O4/c1-6-8-17(3)19(7-2)24-20(26-4)11-12-28(23(30)14-27(5)15-29)25(24)18-9-10-21-22(13-18)32-16-31-21/h6-10,13,15,25-26H,2,11-12,14,16H2,1,3-5H3/b8-6-,19-17+/t25-/m0/s1. The number of nitrogens with zero attached hydrogens (tertiary/aromatic N) is 2. The van der Waals surface area contributed by atoms with Crippen LogP contribution in [0.1, 0.15) is 31.9 Å². The van der Waals surface area contributed by atoms with Gasteiger partial charge >= 0.3 is 0 Å². The molecule has 0 radical (unpaired) electrons. The zero-order valence-corrected chi connectivity index (χ0v) is 19.2. The fraction of sp³-hybridized carbons (Fsp3) is 0.360. The second-order valence-corrected chi connectivity index (χ2v) is 7.82. The Morgan fingerprint density at radius 3 is 2.75 bits per heavy atom. The van der Waals surface area contributed by atoms with Gasteiger partial charge in [0.25, 0.3) is 0 Å². The average molecular weight is 438 g/mol. The molecule has 0 unspecified atom stereocenters. The summed E-state index contributed by atoms with van der Waals surface area (Å²) in [6.07, 6.45) is 7.20. The summed E-state index contributed by atoms with van der Waals surface area (Å²) in [7, 11) is 3.50. The van der Waals surface area contributed by atoms with Crippen LogP contribution in [0.4, 0.5) is 0 Å². The van der Waals surface area contributed by atoms with Crippen LogP contribution in [0.5, 0.6) is 11.5 Å². The van der Waals surface area contributed by atoms with Gasteiger partial charge in [-0.25, -0.2) is 0 Å². The zero-order valence-electron chi connectivity index (χ0n) is 19.2. The van der Waals surface area contributed by atoms with Crippen molar-refractivity contribution in [2.45, 2.75) is 26.3 Å². The highest BCUT2D eigenvalue weighted by Crippen LogP contribution is 2.43. The van der Waals surface area contributed by atoms with Crippen LogP contribution in [-0.2, 0) is 9.59 Å². The molecular weight excluding hydrogens is 406 g/mol. The monoisotopic (exact) mass is 437 g/mol. The van der Waals surface area contributed by atoms with Gasteiger partial charge in [0.15, 0.2) is 11.5 Å². The summed E-state index contributed by atoms with van der Waals surface area (Å²) in [4.78, 5) is 27.6. The van der Waals surface area contributed by atoms with Crippen LogP contribution >= 0.6 is 0 Å². The lowest BCUT2D eigenvalue weighted by atomic mass is 9.84. The lowest BCUT2D eigenvalue weighted by molar-refractivity contribution is -0.136. The normalized spacial score (nSPS) is 18.5. The quantitative estimate of drug-likeness (QED) is 0.499. The molecule has 170 valence electrons. The Morgan fingerprint density at radius 1 is 1.34 bits per heavy atom. The Bertz CT molecular complexity index is 993. The van der Waals surface area contributed by atoms with E-state index in [1.165, 1.54) is 4.90 Å². The molecule has 0 saturated carbocycles. The topological polar surface area (TPSA) is 71.1 Å². The van der Waals surface area contributed by atoms with E-state index >= 15 is 0 Å². The fourth-order valence-electron chi connectivity index (χ4n) is 4.25. The summed E-state index contributed by atoms with van der Waals surface area (Å²) in [5.74, 6) is 1.22. The van der Waals surface area contributed by atoms with Gasteiger partial charge in [0, 0.05) is 38.3 Å². The highest BCUT2D eigenvalue weighted by molar-refractivity contribution is 5.81. The van der Waals surface area contributed by atoms with Crippen molar-refractivity contribution >= 4 is 12.3 Å². The van der Waals surface area contributed by atoms with Gasteiger partial charge in [0.1, 0.15) is 0 Å². The Morgan fingerprint density at radius 2 is 2.09 bits per heavy atom. The van der Waals surface area contributed by atoms with Gasteiger partial charge in [-0.2, -0.15) is 0 Å². The number of allylic oxidation sites excluding steroid dienone is 4. The maximum Gasteiger partial charge on any atom is 0.242 e. The van der Waals surface area contributed by atoms with E-state index in [4.69, 9.17) is 9.47 Å². The van der Waals surface area contributed by atoms with Crippen molar-refractivity contribution in [1.82, 2.24) is 15.1 Å². The fourth-order valence-corrected chi connectivity index (χ4v) is 4.25. The van der Waals surface area contributed by atoms with Gasteiger partial charge in [0.05, 0.1) is 12.6 Å². The van der Waals surface area contributed by atoms with Gasteiger partial charge in [-0.15, -0.1) is 0 Å². The van der Waals surface area contributed by atoms with Crippen LogP contribution < -0.4 is 14.8 Å². The molecule has 1 aromatic rings. The molecule has 0 spiro atoms. The molecule has 0 aliphatic carbocycles. The number of benzene rings is 1. The minimum absolute atomic E-state index is 0.00764. The third kappa shape index (κ3) is 4.56. The van der Waals surface area contributed by atoms with Crippen LogP contribution in [0, 0.1) is 0 Å². The number of fused-ring (bicyclic) bond motifs is 1. The number of likely N-dealkylation sites (N-methyl/N-ethyl adjacent to an activating group) is 1. The molecule has 0 fully saturated rings. The Balaban J connectivity index is 2.20. The third-order valence-corrected chi connectivity index (χ3v) is 5.75. The number of rotatable bonds is 8. The van der Waals surface area contributed by atoms with E-state index in [9.17, 15) is 9.59 Å². The second kappa shape index (κ2) is 10.2. The van der Waals surface area contributed by atoms with E-state index in [-0.39, 0.29) is 25.3 Å². The first kappa shape index (κ1) is 23.2. The first-order chi connectivity index (χ1) is 15.4. The minimum Gasteiger partial charge on any atom is -0.454 e. The lowest BCUT2D eigenvalue weighted by Gasteiger charge is -2.40. The molecule has 1 aromatic carbocycles. The smallest absolute Gasteiger partial charge is 0.242 e. The van der Waals surface area contributed by atoms with Gasteiger partial charge in [0.2, 0.25) is 19.1 Å². The predicted octanol–water partition coefficient (Wildman–Crippen LogP) is 3.33. The van der Waals surface area contributed by atoms with E-state index in [0.717, 1.165) is 28.0 Å². The van der Waals surface area contributed by atoms with Crippen LogP contribution in [0.25, 0.3) is 0 Å². The Labute approximate surface area is 189 Å². The van der Waals surface area contributed by atoms with Crippen molar-refractivity contribution in [2.75, 3.05) is 34.0 Å². The lowest BCUT2D eigenvalue weighted by Crippen LogP contribution is -2.45. The largest absolute Gasteiger partial charge is 0.454 e. The first-order valence-electron chi connectivity index (χ1n) is 10.7. The molecule has 1 atom stereocenters. The second-order valence-electron chi connectivity index (χ2n) is 7.82. The van der Waals surface area contributed by atoms with E-state index in [0.29, 0.717) is 30.9 Å². The van der Waals surface area contributed by atoms with Crippen LogP contribution in [0.3, 0.4) is 0 Å². The molecular formula is C25H31N3O4. The maximum atomic E-state index is 13.3. The van der Waals surface area contributed by atoms with E-state index in [1.807, 2.05) is 62.2 Å². The molecule has 0 saturated heterocycles. The molecule has 0 bridgehead atoms.